The molecule has 0 aliphatic heterocycles. The molecule has 2 aromatic rings. The van der Waals surface area contributed by atoms with Crippen molar-refractivity contribution in [2.45, 2.75) is 6.92 Å². The third-order valence-corrected chi connectivity index (χ3v) is 2.28. The summed E-state index contributed by atoms with van der Waals surface area (Å²) in [5.41, 5.74) is 3.27. The van der Waals surface area contributed by atoms with Crippen molar-refractivity contribution in [2.75, 3.05) is 10.7 Å². The Kier molecular flexibility index (Phi) is 2.99. The number of carbonyl (C=O) groups excluding carboxylic acids is 1. The summed E-state index contributed by atoms with van der Waals surface area (Å²) in [5, 5.41) is 10.2. The van der Waals surface area contributed by atoms with Crippen LogP contribution < -0.4 is 15.4 Å². The van der Waals surface area contributed by atoms with Crippen LogP contribution in [-0.2, 0) is 7.05 Å². The fourth-order valence-corrected chi connectivity index (χ4v) is 1.25. The minimum atomic E-state index is -0.371. The first-order valence-electron chi connectivity index (χ1n) is 5.08. The Morgan fingerprint density at radius 2 is 2.06 bits per heavy atom. The van der Waals surface area contributed by atoms with Gasteiger partial charge in [0.05, 0.1) is 7.05 Å². The Balaban J connectivity index is 2.01. The van der Waals surface area contributed by atoms with Gasteiger partial charge in [0.2, 0.25) is 0 Å². The van der Waals surface area contributed by atoms with E-state index in [-0.39, 0.29) is 6.03 Å². The molecule has 0 radical (unpaired) electrons. The van der Waals surface area contributed by atoms with E-state index in [1.807, 2.05) is 18.2 Å². The van der Waals surface area contributed by atoms with Gasteiger partial charge in [-0.2, -0.15) is 5.43 Å². The molecule has 0 bridgehead atoms. The van der Waals surface area contributed by atoms with Gasteiger partial charge in [-0.1, -0.05) is 18.2 Å². The third kappa shape index (κ3) is 2.57. The van der Waals surface area contributed by atoms with E-state index in [1.165, 1.54) is 4.79 Å². The lowest BCUT2D eigenvalue weighted by Gasteiger charge is -2.03. The molecule has 2 N–H and O–H groups in total. The molecular formula is C10H13N6O+. The van der Waals surface area contributed by atoms with E-state index < -0.39 is 0 Å². The van der Waals surface area contributed by atoms with Gasteiger partial charge in [0.15, 0.2) is 5.21 Å². The van der Waals surface area contributed by atoms with Crippen LogP contribution in [0.4, 0.5) is 10.5 Å². The van der Waals surface area contributed by atoms with Crippen LogP contribution in [0.3, 0.4) is 0 Å². The van der Waals surface area contributed by atoms with Crippen molar-refractivity contribution < 1.29 is 9.48 Å². The van der Waals surface area contributed by atoms with Crippen molar-refractivity contribution in [1.29, 1.82) is 0 Å². The molecule has 7 heteroatoms. The number of aromatic nitrogens is 4. The molecular weight excluding hydrogens is 220 g/mol. The van der Waals surface area contributed by atoms with E-state index in [4.69, 9.17) is 0 Å². The van der Waals surface area contributed by atoms with Crippen molar-refractivity contribution >= 4 is 11.7 Å². The van der Waals surface area contributed by atoms with Crippen molar-refractivity contribution in [2.24, 2.45) is 7.05 Å². The zero-order valence-electron chi connectivity index (χ0n) is 9.58. The molecule has 1 aromatic heterocycles. The number of hydrogen-bond acceptors (Lipinski definition) is 3. The van der Waals surface area contributed by atoms with Crippen LogP contribution in [0, 0.1) is 6.92 Å². The van der Waals surface area contributed by atoms with E-state index in [9.17, 15) is 4.79 Å². The summed E-state index contributed by atoms with van der Waals surface area (Å²) in [6.45, 7) is 1.79. The number of tetrazole rings is 1. The highest BCUT2D eigenvalue weighted by molar-refractivity contribution is 5.94. The second-order valence-corrected chi connectivity index (χ2v) is 3.49. The smallest absolute Gasteiger partial charge is 0.306 e. The van der Waals surface area contributed by atoms with Crippen LogP contribution in [0.25, 0.3) is 0 Å². The number of aryl methyl sites for hydroxylation is 1. The summed E-state index contributed by atoms with van der Waals surface area (Å²) in [4.78, 5) is 12.9. The van der Waals surface area contributed by atoms with E-state index >= 15 is 0 Å². The Bertz CT molecular complexity index is 521. The minimum Gasteiger partial charge on any atom is -0.306 e. The molecule has 0 atom stereocenters. The Morgan fingerprint density at radius 1 is 1.35 bits per heavy atom. The van der Waals surface area contributed by atoms with Crippen LogP contribution in [0.1, 0.15) is 5.82 Å². The number of carbonyl (C=O) groups is 1. The zero-order valence-corrected chi connectivity index (χ0v) is 9.58. The second kappa shape index (κ2) is 4.60. The largest absolute Gasteiger partial charge is 0.352 e. The van der Waals surface area contributed by atoms with Crippen molar-refractivity contribution in [3.63, 3.8) is 0 Å². The average Bonchev–Trinajstić information content (AvgIpc) is 2.62. The molecule has 0 aliphatic rings. The lowest BCUT2D eigenvalue weighted by atomic mass is 10.3. The lowest BCUT2D eigenvalue weighted by molar-refractivity contribution is -0.737. The molecule has 0 aliphatic carbocycles. The minimum absolute atomic E-state index is 0.371. The zero-order chi connectivity index (χ0) is 12.3. The highest BCUT2D eigenvalue weighted by Gasteiger charge is 2.15. The topological polar surface area (TPSA) is 75.7 Å². The molecule has 1 heterocycles. The number of para-hydroxylation sites is 1. The number of amides is 2. The van der Waals surface area contributed by atoms with Gasteiger partial charge in [0.1, 0.15) is 5.21 Å². The molecule has 7 nitrogen and oxygen atoms in total. The van der Waals surface area contributed by atoms with Gasteiger partial charge >= 0.3 is 6.03 Å². The van der Waals surface area contributed by atoms with E-state index in [1.54, 1.807) is 30.8 Å². The fraction of sp³-hybridized carbons (Fsp3) is 0.200. The van der Waals surface area contributed by atoms with Crippen LogP contribution in [0.2, 0.25) is 0 Å². The standard InChI is InChI=1S/C10H12N6O/c1-8-15(2)13-14-16(8)12-10(17)11-9-6-4-3-5-7-9/h3-7H,1-2H3,(H-,11,12,17)/p+1. The quantitative estimate of drug-likeness (QED) is 0.727. The maximum absolute atomic E-state index is 11.6. The van der Waals surface area contributed by atoms with Crippen LogP contribution in [-0.4, -0.2) is 21.2 Å². The number of urea groups is 1. The molecule has 0 saturated heterocycles. The number of benzene rings is 1. The van der Waals surface area contributed by atoms with Gasteiger partial charge in [0.25, 0.3) is 5.82 Å². The van der Waals surface area contributed by atoms with Crippen molar-refractivity contribution in [1.82, 2.24) is 15.2 Å². The fourth-order valence-electron chi connectivity index (χ4n) is 1.25. The van der Waals surface area contributed by atoms with Crippen molar-refractivity contribution in [3.8, 4) is 0 Å². The van der Waals surface area contributed by atoms with Gasteiger partial charge in [-0.15, -0.1) is 4.68 Å². The Labute approximate surface area is 98.0 Å². The molecule has 17 heavy (non-hydrogen) atoms. The summed E-state index contributed by atoms with van der Waals surface area (Å²) in [6.07, 6.45) is 0. The number of anilines is 1. The van der Waals surface area contributed by atoms with Gasteiger partial charge in [-0.25, -0.2) is 4.79 Å². The molecule has 0 spiro atoms. The summed E-state index contributed by atoms with van der Waals surface area (Å²) >= 11 is 0. The van der Waals surface area contributed by atoms with Crippen LogP contribution in [0.15, 0.2) is 30.3 Å². The number of nitrogens with one attached hydrogen (secondary N) is 2. The Hall–Kier alpha value is -2.44. The monoisotopic (exact) mass is 233 g/mol. The summed E-state index contributed by atoms with van der Waals surface area (Å²) in [6, 6.07) is 8.79. The predicted molar refractivity (Wildman–Crippen MR) is 60.8 cm³/mol. The summed E-state index contributed by atoms with van der Waals surface area (Å²) < 4.78 is 1.56. The van der Waals surface area contributed by atoms with Crippen LogP contribution >= 0.6 is 0 Å². The first-order chi connectivity index (χ1) is 8.16. The number of rotatable bonds is 2. The molecule has 0 saturated carbocycles. The lowest BCUT2D eigenvalue weighted by Crippen LogP contribution is -2.36. The van der Waals surface area contributed by atoms with Gasteiger partial charge in [-0.05, 0) is 12.1 Å². The molecule has 1 aromatic carbocycles. The maximum Gasteiger partial charge on any atom is 0.352 e. The second-order valence-electron chi connectivity index (χ2n) is 3.49. The Morgan fingerprint density at radius 3 is 2.65 bits per heavy atom. The number of hydrogen-bond donors (Lipinski definition) is 2. The SMILES string of the molecule is Cc1n(NC(=O)Nc2ccccc2)nn[n+]1C. The first kappa shape index (κ1) is 11.1. The first-order valence-corrected chi connectivity index (χ1v) is 5.08. The molecule has 0 unspecified atom stereocenters. The van der Waals surface area contributed by atoms with E-state index in [2.05, 4.69) is 21.2 Å². The maximum atomic E-state index is 11.6. The van der Waals surface area contributed by atoms with E-state index in [0.717, 1.165) is 0 Å². The summed E-state index contributed by atoms with van der Waals surface area (Å²) in [7, 11) is 1.75. The third-order valence-electron chi connectivity index (χ3n) is 2.28. The molecule has 2 rings (SSSR count). The molecule has 0 fully saturated rings. The summed E-state index contributed by atoms with van der Waals surface area (Å²) in [5.74, 6) is 0.716. The van der Waals surface area contributed by atoms with Crippen molar-refractivity contribution in [3.05, 3.63) is 36.2 Å². The van der Waals surface area contributed by atoms with Gasteiger partial charge < -0.3 is 5.32 Å². The van der Waals surface area contributed by atoms with Gasteiger partial charge in [0, 0.05) is 17.4 Å². The average molecular weight is 233 g/mol. The molecule has 88 valence electrons. The highest BCUT2D eigenvalue weighted by Crippen LogP contribution is 2.04. The van der Waals surface area contributed by atoms with E-state index in [0.29, 0.717) is 11.5 Å². The molecule has 2 amide bonds. The normalized spacial score (nSPS) is 10.0. The highest BCUT2D eigenvalue weighted by atomic mass is 16.2. The predicted octanol–water partition coefficient (Wildman–Crippen LogP) is 0.187. The van der Waals surface area contributed by atoms with Crippen LogP contribution in [0.5, 0.6) is 0 Å². The number of nitrogens with zero attached hydrogens (tertiary/aromatic N) is 4. The van der Waals surface area contributed by atoms with Gasteiger partial charge in [-0.3, -0.25) is 0 Å².